The van der Waals surface area contributed by atoms with Crippen LogP contribution in [0.4, 0.5) is 9.59 Å². The largest absolute Gasteiger partial charge is 0.450 e. The van der Waals surface area contributed by atoms with Gasteiger partial charge >= 0.3 is 12.2 Å². The van der Waals surface area contributed by atoms with E-state index >= 15 is 0 Å². The summed E-state index contributed by atoms with van der Waals surface area (Å²) in [4.78, 5) is 32.4. The molecule has 3 saturated heterocycles. The summed E-state index contributed by atoms with van der Waals surface area (Å²) in [6.45, 7) is 18.8. The first-order valence-electron chi connectivity index (χ1n) is 21.6. The van der Waals surface area contributed by atoms with Crippen molar-refractivity contribution in [3.8, 4) is 0 Å². The number of amides is 2. The Hall–Kier alpha value is -3.15. The Morgan fingerprint density at radius 3 is 1.50 bits per heavy atom. The van der Waals surface area contributed by atoms with Crippen molar-refractivity contribution in [3.63, 3.8) is 0 Å². The summed E-state index contributed by atoms with van der Waals surface area (Å²) < 4.78 is 10.1. The van der Waals surface area contributed by atoms with Crippen molar-refractivity contribution >= 4 is 49.4 Å². The van der Waals surface area contributed by atoms with Crippen LogP contribution < -0.4 is 5.73 Å². The second-order valence-electron chi connectivity index (χ2n) is 13.2. The van der Waals surface area contributed by atoms with Crippen LogP contribution in [-0.4, -0.2) is 90.0 Å². The van der Waals surface area contributed by atoms with Gasteiger partial charge in [0, 0.05) is 73.4 Å². The molecule has 0 aliphatic carbocycles. The number of rotatable bonds is 9. The van der Waals surface area contributed by atoms with E-state index in [2.05, 4.69) is 83.5 Å². The molecule has 6 rings (SSSR count). The zero-order valence-corrected chi connectivity index (χ0v) is 41.8. The molecule has 3 fully saturated rings. The number of azide groups is 1. The van der Waals surface area contributed by atoms with E-state index in [0.717, 1.165) is 36.8 Å². The maximum Gasteiger partial charge on any atom is 0.410 e. The number of aliphatic hydroxyl groups excluding tert-OH is 1. The lowest BCUT2D eigenvalue weighted by Gasteiger charge is -2.28. The first-order chi connectivity index (χ1) is 29.3. The minimum Gasteiger partial charge on any atom is -0.450 e. The first-order valence-corrected chi connectivity index (χ1v) is 27.9. The number of hydrogen-bond acceptors (Lipinski definition) is 8. The molecule has 3 heterocycles. The van der Waals surface area contributed by atoms with Crippen LogP contribution in [0, 0.1) is 0 Å². The zero-order valence-electron chi connectivity index (χ0n) is 37.5. The summed E-state index contributed by atoms with van der Waals surface area (Å²) in [5.74, 6) is 0. The third-order valence-corrected chi connectivity index (χ3v) is 9.97. The molecule has 6 unspecified atom stereocenters. The Morgan fingerprint density at radius 2 is 1.08 bits per heavy atom. The number of likely N-dealkylation sites (N-methyl/N-ethyl adjacent to an activating group) is 1. The fourth-order valence-corrected chi connectivity index (χ4v) is 7.34. The van der Waals surface area contributed by atoms with Gasteiger partial charge in [0.2, 0.25) is 0 Å². The molecule has 6 atom stereocenters. The highest BCUT2D eigenvalue weighted by Crippen LogP contribution is 2.33. The van der Waals surface area contributed by atoms with Gasteiger partial charge < -0.3 is 35.0 Å². The molecule has 0 aromatic heterocycles. The molecule has 336 valence electrons. The predicted molar refractivity (Wildman–Crippen MR) is 264 cm³/mol. The molecule has 60 heavy (non-hydrogen) atoms. The number of nitrogens with zero attached hydrogens (tertiary/aromatic N) is 6. The van der Waals surface area contributed by atoms with Crippen LogP contribution in [0.5, 0.6) is 0 Å². The molecule has 3 aliphatic rings. The van der Waals surface area contributed by atoms with E-state index in [1.807, 2.05) is 108 Å². The monoisotopic (exact) mass is 1060 g/mol. The first kappa shape index (κ1) is 56.9. The highest BCUT2D eigenvalue weighted by Gasteiger charge is 2.37. The topological polar surface area (TPSA) is 157 Å². The number of hydrogen-bond donors (Lipinski definition) is 2. The Kier molecular flexibility index (Phi) is 33.6. The summed E-state index contributed by atoms with van der Waals surface area (Å²) in [5, 5.41) is 14.3. The van der Waals surface area contributed by atoms with Crippen molar-refractivity contribution in [2.75, 3.05) is 39.9 Å². The van der Waals surface area contributed by atoms with E-state index in [4.69, 9.17) is 20.7 Å². The molecule has 14 heteroatoms. The Bertz CT molecular complexity index is 1560. The zero-order chi connectivity index (χ0) is 45.3. The van der Waals surface area contributed by atoms with Crippen molar-refractivity contribution in [3.05, 3.63) is 118 Å². The average Bonchev–Trinajstić information content (AvgIpc) is 4.12. The molecule has 0 spiro atoms. The Morgan fingerprint density at radius 1 is 0.700 bits per heavy atom. The van der Waals surface area contributed by atoms with Gasteiger partial charge in [-0.05, 0) is 88.2 Å². The maximum absolute atomic E-state index is 12.0. The predicted octanol–water partition coefficient (Wildman–Crippen LogP) is 12.6. The maximum atomic E-state index is 12.0. The van der Waals surface area contributed by atoms with E-state index in [9.17, 15) is 14.7 Å². The average molecular weight is 1060 g/mol. The van der Waals surface area contributed by atoms with Gasteiger partial charge in [-0.1, -0.05) is 138 Å². The highest BCUT2D eigenvalue weighted by atomic mass is 128. The van der Waals surface area contributed by atoms with E-state index in [1.165, 1.54) is 24.9 Å². The molecule has 12 nitrogen and oxygen atoms in total. The molecular weight excluding hydrogens is 984 g/mol. The van der Waals surface area contributed by atoms with Gasteiger partial charge in [-0.15, -0.1) is 0 Å². The molecule has 3 aromatic carbocycles. The van der Waals surface area contributed by atoms with Crippen LogP contribution in [0.25, 0.3) is 10.4 Å². The summed E-state index contributed by atoms with van der Waals surface area (Å²) in [6, 6.07) is 29.4. The number of benzene rings is 3. The lowest BCUT2D eigenvalue weighted by Crippen LogP contribution is -2.39. The Balaban J connectivity index is 0.000000810. The minimum atomic E-state index is -0.641. The van der Waals surface area contributed by atoms with Crippen molar-refractivity contribution in [1.29, 1.82) is 0 Å². The third-order valence-electron chi connectivity index (χ3n) is 9.97. The number of halogens is 2. The molecule has 0 radical (unpaired) electrons. The quantitative estimate of drug-likeness (QED) is 0.0934. The molecule has 0 saturated carbocycles. The number of carbonyl (C=O) groups excluding carboxylic acids is 2. The van der Waals surface area contributed by atoms with Crippen molar-refractivity contribution < 1.29 is 24.2 Å². The number of nitrogens with two attached hydrogens (primary N) is 1. The lowest BCUT2D eigenvalue weighted by molar-refractivity contribution is 0.0529. The fraction of sp³-hybridized carbons (Fsp3) is 0.565. The molecule has 3 aliphatic heterocycles. The third kappa shape index (κ3) is 18.9. The van der Waals surface area contributed by atoms with E-state index < -0.39 is 6.10 Å². The number of carbonyl (C=O) groups is 2. The van der Waals surface area contributed by atoms with Crippen LogP contribution in [0.15, 0.2) is 96.1 Å². The van der Waals surface area contributed by atoms with Gasteiger partial charge in [0.25, 0.3) is 0 Å². The lowest BCUT2D eigenvalue weighted by atomic mass is 9.98. The van der Waals surface area contributed by atoms with Gasteiger partial charge in [0.1, 0.15) is 0 Å². The minimum absolute atomic E-state index is 0.132. The second-order valence-corrected chi connectivity index (χ2v) is 13.2. The number of ether oxygens (including phenoxy) is 2. The summed E-state index contributed by atoms with van der Waals surface area (Å²) in [5.41, 5.74) is 18.1. The smallest absolute Gasteiger partial charge is 0.410 e. The van der Waals surface area contributed by atoms with Crippen LogP contribution in [0.3, 0.4) is 0 Å². The van der Waals surface area contributed by atoms with E-state index in [0.29, 0.717) is 32.3 Å². The van der Waals surface area contributed by atoms with Gasteiger partial charge in [0.15, 0.2) is 0 Å². The van der Waals surface area contributed by atoms with Crippen LogP contribution in [0.1, 0.15) is 129 Å². The number of aliphatic hydroxyl groups is 1. The SMILES string of the molecule is CC.CC.CC.CCOC(=O)N1CCCC1C(N=[N+]=[N-])c1ccccc1.CCOC(=O)N1CCCC1C(O)c1ccccc1.CN1CCCC1C(N)c1ccccc1.II. The second kappa shape index (κ2) is 35.4. The summed E-state index contributed by atoms with van der Waals surface area (Å²) in [7, 11) is 2.17. The van der Waals surface area contributed by atoms with Crippen LogP contribution >= 0.6 is 37.2 Å². The van der Waals surface area contributed by atoms with Crippen molar-refractivity contribution in [2.45, 2.75) is 130 Å². The summed E-state index contributed by atoms with van der Waals surface area (Å²) in [6.07, 6.45) is 4.65. The van der Waals surface area contributed by atoms with Crippen molar-refractivity contribution in [1.82, 2.24) is 14.7 Å². The summed E-state index contributed by atoms with van der Waals surface area (Å²) >= 11 is 4.24. The highest BCUT2D eigenvalue weighted by molar-refractivity contribution is 15.0. The van der Waals surface area contributed by atoms with Crippen LogP contribution in [-0.2, 0) is 9.47 Å². The van der Waals surface area contributed by atoms with Gasteiger partial charge in [-0.25, -0.2) is 9.59 Å². The molecule has 3 aromatic rings. The van der Waals surface area contributed by atoms with Crippen molar-refractivity contribution in [2.24, 2.45) is 10.8 Å². The normalized spacial score (nSPS) is 18.9. The number of likely N-dealkylation sites (tertiary alicyclic amines) is 3. The van der Waals surface area contributed by atoms with E-state index in [-0.39, 0.29) is 36.4 Å². The molecule has 0 bridgehead atoms. The molecule has 2 amide bonds. The fourth-order valence-electron chi connectivity index (χ4n) is 7.34. The Labute approximate surface area is 384 Å². The standard InChI is InChI=1S/C14H18N4O2.C14H19NO3.C12H18N2.3C2H6.I2/c1-2-20-14(19)18-10-6-9-12(18)13(16-17-15)11-7-4-3-5-8-11;1-2-18-14(17)15-10-6-9-12(15)13(16)11-7-4-3-5-8-11;1-14-9-5-8-11(14)12(13)10-6-3-2-4-7-10;4*1-2/h3-5,7-8,12-13H,2,6,9-10H2,1H3;3-5,7-8,12-13,16H,2,6,9-10H2,1H3;2-4,6-7,11-12H,5,8-9,13H2,1H3;3*1-2H3;. The van der Waals surface area contributed by atoms with Gasteiger partial charge in [-0.2, -0.15) is 0 Å². The van der Waals surface area contributed by atoms with Gasteiger partial charge in [0.05, 0.1) is 31.4 Å². The van der Waals surface area contributed by atoms with E-state index in [1.54, 1.807) is 23.6 Å². The van der Waals surface area contributed by atoms with Crippen LogP contribution in [0.2, 0.25) is 0 Å². The molecule has 3 N–H and O–H groups in total. The molecular formula is C46H73I2N7O5. The van der Waals surface area contributed by atoms with Gasteiger partial charge in [-0.3, -0.25) is 0 Å².